The number of hydrogen-bond acceptors (Lipinski definition) is 3. The van der Waals surface area contributed by atoms with Gasteiger partial charge in [0.1, 0.15) is 18.2 Å². The zero-order chi connectivity index (χ0) is 15.4. The Hall–Kier alpha value is -2.02. The Labute approximate surface area is 134 Å². The first-order valence-corrected chi connectivity index (χ1v) is 7.92. The highest BCUT2D eigenvalue weighted by atomic mass is 79.9. The lowest BCUT2D eigenvalue weighted by molar-refractivity contribution is -0.124. The topological polar surface area (TPSA) is 65.3 Å². The van der Waals surface area contributed by atoms with Crippen LogP contribution in [0.3, 0.4) is 0 Å². The van der Waals surface area contributed by atoms with Gasteiger partial charge in [0, 0.05) is 5.70 Å². The highest BCUT2D eigenvalue weighted by Gasteiger charge is 2.31. The molecule has 7 heteroatoms. The summed E-state index contributed by atoms with van der Waals surface area (Å²) in [6, 6.07) is 3.20. The number of nitrogens with zero attached hydrogens (tertiary/aromatic N) is 2. The molecule has 0 radical (unpaired) electrons. The summed E-state index contributed by atoms with van der Waals surface area (Å²) in [6.07, 6.45) is 1.26. The van der Waals surface area contributed by atoms with E-state index in [0.29, 0.717) is 37.4 Å². The molecule has 3 heterocycles. The van der Waals surface area contributed by atoms with Crippen LogP contribution in [0.25, 0.3) is 11.0 Å². The molecular weight excluding hydrogens is 350 g/mol. The lowest BCUT2D eigenvalue weighted by Gasteiger charge is -2.24. The van der Waals surface area contributed by atoms with Crippen molar-refractivity contribution < 1.29 is 9.53 Å². The molecule has 0 aliphatic carbocycles. The summed E-state index contributed by atoms with van der Waals surface area (Å²) in [7, 11) is 0. The van der Waals surface area contributed by atoms with Gasteiger partial charge in [-0.2, -0.15) is 0 Å². The molecule has 1 atom stereocenters. The number of benzene rings is 1. The van der Waals surface area contributed by atoms with Crippen LogP contribution in [0.4, 0.5) is 0 Å². The molecule has 114 valence electrons. The molecule has 0 bridgehead atoms. The van der Waals surface area contributed by atoms with Crippen LogP contribution < -0.4 is 15.7 Å². The summed E-state index contributed by atoms with van der Waals surface area (Å²) < 4.78 is 9.78. The maximum atomic E-state index is 12.8. The van der Waals surface area contributed by atoms with E-state index in [2.05, 4.69) is 27.8 Å². The number of rotatable bonds is 1. The minimum Gasteiger partial charge on any atom is -0.488 e. The fourth-order valence-electron chi connectivity index (χ4n) is 3.21. The van der Waals surface area contributed by atoms with Crippen LogP contribution in [0.5, 0.6) is 5.75 Å². The SMILES string of the molecule is C=C1CCC(n2c(=O)n3c4c(c(Br)ccc42)OCC3)C(=O)N1. The summed E-state index contributed by atoms with van der Waals surface area (Å²) in [4.78, 5) is 25.1. The lowest BCUT2D eigenvalue weighted by atomic mass is 10.0. The molecule has 1 amide bonds. The van der Waals surface area contributed by atoms with E-state index in [-0.39, 0.29) is 11.6 Å². The van der Waals surface area contributed by atoms with Crippen molar-refractivity contribution in [1.29, 1.82) is 0 Å². The molecular formula is C15H14BrN3O3. The molecule has 1 fully saturated rings. The molecule has 22 heavy (non-hydrogen) atoms. The van der Waals surface area contributed by atoms with Gasteiger partial charge in [-0.15, -0.1) is 0 Å². The van der Waals surface area contributed by atoms with E-state index in [0.717, 1.165) is 15.5 Å². The van der Waals surface area contributed by atoms with Crippen LogP contribution in [0.15, 0.2) is 33.7 Å². The minimum atomic E-state index is -0.506. The number of amides is 1. The van der Waals surface area contributed by atoms with Crippen LogP contribution >= 0.6 is 15.9 Å². The van der Waals surface area contributed by atoms with E-state index >= 15 is 0 Å². The minimum absolute atomic E-state index is 0.162. The molecule has 4 rings (SSSR count). The van der Waals surface area contributed by atoms with Crippen LogP contribution in [0.1, 0.15) is 18.9 Å². The van der Waals surface area contributed by atoms with Gasteiger partial charge in [0.05, 0.1) is 16.5 Å². The van der Waals surface area contributed by atoms with Gasteiger partial charge in [-0.05, 0) is 40.9 Å². The standard InChI is InChI=1S/C15H14BrN3O3/c1-8-2-4-11(14(20)17-8)19-10-5-3-9(16)13-12(10)18(15(19)21)6-7-22-13/h3,5,11H,1-2,4,6-7H2,(H,17,20). The molecule has 2 aromatic rings. The predicted octanol–water partition coefficient (Wildman–Crippen LogP) is 1.92. The third kappa shape index (κ3) is 1.78. The average molecular weight is 364 g/mol. The number of carbonyl (C=O) groups excluding carboxylic acids is 1. The Morgan fingerprint density at radius 2 is 2.18 bits per heavy atom. The fraction of sp³-hybridized carbons (Fsp3) is 0.333. The van der Waals surface area contributed by atoms with Gasteiger partial charge in [0.15, 0.2) is 5.75 Å². The van der Waals surface area contributed by atoms with Crippen molar-refractivity contribution >= 4 is 32.9 Å². The van der Waals surface area contributed by atoms with E-state index < -0.39 is 6.04 Å². The van der Waals surface area contributed by atoms with Crippen molar-refractivity contribution in [2.45, 2.75) is 25.4 Å². The summed E-state index contributed by atoms with van der Waals surface area (Å²) in [5.41, 5.74) is 2.03. The number of imidazole rings is 1. The molecule has 1 aromatic heterocycles. The number of carbonyl (C=O) groups is 1. The van der Waals surface area contributed by atoms with Gasteiger partial charge in [-0.1, -0.05) is 6.58 Å². The monoisotopic (exact) mass is 363 g/mol. The van der Waals surface area contributed by atoms with Gasteiger partial charge in [0.25, 0.3) is 0 Å². The molecule has 0 spiro atoms. The molecule has 0 saturated carbocycles. The third-order valence-corrected chi connectivity index (χ3v) is 4.85. The molecule has 2 aliphatic rings. The van der Waals surface area contributed by atoms with Crippen molar-refractivity contribution in [3.63, 3.8) is 0 Å². The Morgan fingerprint density at radius 3 is 2.95 bits per heavy atom. The van der Waals surface area contributed by atoms with E-state index in [9.17, 15) is 9.59 Å². The maximum Gasteiger partial charge on any atom is 0.330 e. The van der Waals surface area contributed by atoms with Crippen molar-refractivity contribution in [3.8, 4) is 5.75 Å². The Morgan fingerprint density at radius 1 is 1.36 bits per heavy atom. The Bertz CT molecular complexity index is 880. The van der Waals surface area contributed by atoms with Gasteiger partial charge in [-0.25, -0.2) is 4.79 Å². The first-order valence-electron chi connectivity index (χ1n) is 7.12. The number of piperidine rings is 1. The molecule has 6 nitrogen and oxygen atoms in total. The Kier molecular flexibility index (Phi) is 2.94. The zero-order valence-corrected chi connectivity index (χ0v) is 13.4. The van der Waals surface area contributed by atoms with Crippen molar-refractivity contribution in [2.75, 3.05) is 6.61 Å². The third-order valence-electron chi connectivity index (χ3n) is 4.22. The number of allylic oxidation sites excluding steroid dienone is 1. The largest absolute Gasteiger partial charge is 0.488 e. The number of nitrogens with one attached hydrogen (secondary N) is 1. The van der Waals surface area contributed by atoms with Crippen molar-refractivity contribution in [3.05, 3.63) is 39.4 Å². The predicted molar refractivity (Wildman–Crippen MR) is 84.9 cm³/mol. The zero-order valence-electron chi connectivity index (χ0n) is 11.8. The molecule has 1 saturated heterocycles. The summed E-state index contributed by atoms with van der Waals surface area (Å²) in [6.45, 7) is 4.72. The highest BCUT2D eigenvalue weighted by Crippen LogP contribution is 2.37. The van der Waals surface area contributed by atoms with Crippen LogP contribution in [-0.4, -0.2) is 21.6 Å². The van der Waals surface area contributed by atoms with Crippen LogP contribution in [0, 0.1) is 0 Å². The van der Waals surface area contributed by atoms with Gasteiger partial charge >= 0.3 is 5.69 Å². The number of ether oxygens (including phenoxy) is 1. The highest BCUT2D eigenvalue weighted by molar-refractivity contribution is 9.10. The van der Waals surface area contributed by atoms with E-state index in [1.165, 1.54) is 0 Å². The van der Waals surface area contributed by atoms with Crippen molar-refractivity contribution in [2.24, 2.45) is 0 Å². The van der Waals surface area contributed by atoms with Gasteiger partial charge in [-0.3, -0.25) is 13.9 Å². The molecule has 1 N–H and O–H groups in total. The number of aromatic nitrogens is 2. The average Bonchev–Trinajstić information content (AvgIpc) is 2.78. The normalized spacial score (nSPS) is 20.9. The first kappa shape index (κ1) is 13.6. The summed E-state index contributed by atoms with van der Waals surface area (Å²) in [5.74, 6) is 0.488. The van der Waals surface area contributed by atoms with E-state index in [1.54, 1.807) is 9.13 Å². The Balaban J connectivity index is 1.98. The van der Waals surface area contributed by atoms with E-state index in [1.807, 2.05) is 12.1 Å². The second kappa shape index (κ2) is 4.74. The second-order valence-corrected chi connectivity index (χ2v) is 6.40. The fourth-order valence-corrected chi connectivity index (χ4v) is 3.65. The molecule has 1 unspecified atom stereocenters. The molecule has 2 aliphatic heterocycles. The quantitative estimate of drug-likeness (QED) is 0.841. The maximum absolute atomic E-state index is 12.8. The number of halogens is 1. The van der Waals surface area contributed by atoms with Crippen LogP contribution in [-0.2, 0) is 11.3 Å². The molecule has 1 aromatic carbocycles. The first-order chi connectivity index (χ1) is 10.6. The summed E-state index contributed by atoms with van der Waals surface area (Å²) >= 11 is 3.45. The lowest BCUT2D eigenvalue weighted by Crippen LogP contribution is -2.40. The summed E-state index contributed by atoms with van der Waals surface area (Å²) in [5, 5.41) is 2.75. The van der Waals surface area contributed by atoms with E-state index in [4.69, 9.17) is 4.74 Å². The second-order valence-electron chi connectivity index (χ2n) is 5.54. The van der Waals surface area contributed by atoms with Crippen LogP contribution in [0.2, 0.25) is 0 Å². The van der Waals surface area contributed by atoms with Gasteiger partial charge < -0.3 is 10.1 Å². The smallest absolute Gasteiger partial charge is 0.330 e. The van der Waals surface area contributed by atoms with Gasteiger partial charge in [0.2, 0.25) is 5.91 Å². The number of hydrogen-bond donors (Lipinski definition) is 1. The van der Waals surface area contributed by atoms with Crippen molar-refractivity contribution in [1.82, 2.24) is 14.5 Å².